The summed E-state index contributed by atoms with van der Waals surface area (Å²) in [5.74, 6) is -3.43. The van der Waals surface area contributed by atoms with Crippen molar-refractivity contribution >= 4 is 23.9 Å². The molecular weight excluding hydrogens is 384 g/mol. The maximum Gasteiger partial charge on any atom is 0.344 e. The lowest BCUT2D eigenvalue weighted by molar-refractivity contribution is -0.171. The van der Waals surface area contributed by atoms with Crippen LogP contribution in [0.2, 0.25) is 0 Å². The molecule has 0 saturated heterocycles. The van der Waals surface area contributed by atoms with Gasteiger partial charge in [0.25, 0.3) is 0 Å². The number of carbonyl (C=O) groups is 4. The Kier molecular flexibility index (Phi) is 9.90. The van der Waals surface area contributed by atoms with Gasteiger partial charge in [-0.05, 0) is 51.4 Å². The molecule has 29 heavy (non-hydrogen) atoms. The quantitative estimate of drug-likeness (QED) is 0.442. The van der Waals surface area contributed by atoms with Gasteiger partial charge in [-0.25, -0.2) is 14.4 Å². The minimum atomic E-state index is -1.79. The first-order valence-electron chi connectivity index (χ1n) is 10.3. The fourth-order valence-corrected chi connectivity index (χ4v) is 3.47. The van der Waals surface area contributed by atoms with Crippen molar-refractivity contribution in [3.63, 3.8) is 0 Å². The largest absolute Gasteiger partial charge is 0.460 e. The van der Waals surface area contributed by atoms with Gasteiger partial charge in [-0.1, -0.05) is 12.8 Å². The Labute approximate surface area is 170 Å². The standard InChI is InChI=1S/C20H30O9/c21-16(20(25)27-13-19(24)29-15-9-5-2-6-10-15)11-17(22)26-12-18(23)28-14-7-3-1-4-8-14/h14-16,21H,1-13H2. The zero-order chi connectivity index (χ0) is 21.1. The lowest BCUT2D eigenvalue weighted by Crippen LogP contribution is -2.31. The van der Waals surface area contributed by atoms with Crippen molar-refractivity contribution in [2.45, 2.75) is 88.9 Å². The highest BCUT2D eigenvalue weighted by atomic mass is 16.6. The third-order valence-electron chi connectivity index (χ3n) is 5.02. The predicted molar refractivity (Wildman–Crippen MR) is 98.5 cm³/mol. The van der Waals surface area contributed by atoms with Gasteiger partial charge in [0.1, 0.15) is 12.2 Å². The smallest absolute Gasteiger partial charge is 0.344 e. The summed E-state index contributed by atoms with van der Waals surface area (Å²) in [4.78, 5) is 46.7. The molecular formula is C20H30O9. The van der Waals surface area contributed by atoms with E-state index in [-0.39, 0.29) is 12.2 Å². The van der Waals surface area contributed by atoms with Gasteiger partial charge in [0.2, 0.25) is 0 Å². The van der Waals surface area contributed by atoms with Crippen LogP contribution in [0.25, 0.3) is 0 Å². The summed E-state index contributed by atoms with van der Waals surface area (Å²) >= 11 is 0. The molecule has 9 heteroatoms. The Morgan fingerprint density at radius 2 is 1.14 bits per heavy atom. The summed E-state index contributed by atoms with van der Waals surface area (Å²) in [6.45, 7) is -1.21. The Balaban J connectivity index is 1.57. The molecule has 0 aromatic rings. The molecule has 2 fully saturated rings. The molecule has 2 saturated carbocycles. The SMILES string of the molecule is O=C(CC(O)C(=O)OCC(=O)OC1CCCCC1)OCC(=O)OC1CCCCC1. The second kappa shape index (κ2) is 12.4. The van der Waals surface area contributed by atoms with Gasteiger partial charge in [-0.2, -0.15) is 0 Å². The van der Waals surface area contributed by atoms with E-state index in [1.165, 1.54) is 0 Å². The van der Waals surface area contributed by atoms with Gasteiger partial charge in [-0.3, -0.25) is 4.79 Å². The van der Waals surface area contributed by atoms with Crippen molar-refractivity contribution in [3.8, 4) is 0 Å². The van der Waals surface area contributed by atoms with Crippen molar-refractivity contribution < 1.29 is 43.2 Å². The van der Waals surface area contributed by atoms with Gasteiger partial charge in [0.05, 0.1) is 6.42 Å². The second-order valence-electron chi connectivity index (χ2n) is 7.49. The van der Waals surface area contributed by atoms with Crippen LogP contribution in [-0.4, -0.2) is 60.5 Å². The van der Waals surface area contributed by atoms with Gasteiger partial charge >= 0.3 is 23.9 Å². The average molecular weight is 414 g/mol. The van der Waals surface area contributed by atoms with E-state index in [4.69, 9.17) is 14.2 Å². The first-order valence-corrected chi connectivity index (χ1v) is 10.3. The van der Waals surface area contributed by atoms with Crippen molar-refractivity contribution in [3.05, 3.63) is 0 Å². The summed E-state index contributed by atoms with van der Waals surface area (Å²) in [7, 11) is 0. The highest BCUT2D eigenvalue weighted by molar-refractivity contribution is 5.84. The van der Waals surface area contributed by atoms with Crippen molar-refractivity contribution in [2.75, 3.05) is 13.2 Å². The number of hydrogen-bond donors (Lipinski definition) is 1. The molecule has 0 aromatic carbocycles. The average Bonchev–Trinajstić information content (AvgIpc) is 2.72. The Morgan fingerprint density at radius 1 is 0.690 bits per heavy atom. The van der Waals surface area contributed by atoms with Crippen LogP contribution in [0, 0.1) is 0 Å². The zero-order valence-corrected chi connectivity index (χ0v) is 16.6. The highest BCUT2D eigenvalue weighted by Crippen LogP contribution is 2.21. The lowest BCUT2D eigenvalue weighted by atomic mass is 9.98. The molecule has 2 rings (SSSR count). The van der Waals surface area contributed by atoms with Crippen LogP contribution >= 0.6 is 0 Å². The number of hydrogen-bond acceptors (Lipinski definition) is 9. The third kappa shape index (κ3) is 9.25. The number of aliphatic hydroxyl groups is 1. The fraction of sp³-hybridized carbons (Fsp3) is 0.800. The molecule has 1 atom stereocenters. The maximum absolute atomic E-state index is 11.7. The molecule has 1 unspecified atom stereocenters. The molecule has 0 aromatic heterocycles. The molecule has 0 heterocycles. The molecule has 164 valence electrons. The summed E-state index contributed by atoms with van der Waals surface area (Å²) in [5, 5.41) is 9.71. The predicted octanol–water partition coefficient (Wildman–Crippen LogP) is 1.58. The monoisotopic (exact) mass is 414 g/mol. The summed E-state index contributed by atoms with van der Waals surface area (Å²) < 4.78 is 19.8. The van der Waals surface area contributed by atoms with E-state index in [2.05, 4.69) is 4.74 Å². The third-order valence-corrected chi connectivity index (χ3v) is 5.02. The van der Waals surface area contributed by atoms with E-state index in [1.807, 2.05) is 0 Å². The second-order valence-corrected chi connectivity index (χ2v) is 7.49. The summed E-state index contributed by atoms with van der Waals surface area (Å²) in [6.07, 6.45) is 6.60. The molecule has 1 N–H and O–H groups in total. The number of carbonyl (C=O) groups excluding carboxylic acids is 4. The van der Waals surface area contributed by atoms with Crippen molar-refractivity contribution in [2.24, 2.45) is 0 Å². The Morgan fingerprint density at radius 3 is 1.62 bits per heavy atom. The molecule has 0 spiro atoms. The topological polar surface area (TPSA) is 125 Å². The number of aliphatic hydroxyl groups excluding tert-OH is 1. The Hall–Kier alpha value is -2.16. The number of ether oxygens (including phenoxy) is 4. The number of esters is 4. The maximum atomic E-state index is 11.7. The first kappa shape index (κ1) is 23.1. The van der Waals surface area contributed by atoms with Crippen LogP contribution in [0.5, 0.6) is 0 Å². The molecule has 0 amide bonds. The van der Waals surface area contributed by atoms with Gasteiger partial charge < -0.3 is 24.1 Å². The van der Waals surface area contributed by atoms with E-state index in [9.17, 15) is 24.3 Å². The van der Waals surface area contributed by atoms with Gasteiger partial charge in [0, 0.05) is 0 Å². The Bertz CT molecular complexity index is 562. The van der Waals surface area contributed by atoms with E-state index < -0.39 is 49.6 Å². The molecule has 2 aliphatic carbocycles. The first-order chi connectivity index (χ1) is 13.9. The van der Waals surface area contributed by atoms with E-state index in [1.54, 1.807) is 0 Å². The van der Waals surface area contributed by atoms with E-state index in [0.717, 1.165) is 64.2 Å². The van der Waals surface area contributed by atoms with Crippen molar-refractivity contribution in [1.29, 1.82) is 0 Å². The van der Waals surface area contributed by atoms with Crippen LogP contribution in [0.15, 0.2) is 0 Å². The zero-order valence-electron chi connectivity index (χ0n) is 16.6. The van der Waals surface area contributed by atoms with E-state index >= 15 is 0 Å². The molecule has 2 aliphatic rings. The summed E-state index contributed by atoms with van der Waals surface area (Å²) in [6, 6.07) is 0. The minimum absolute atomic E-state index is 0.149. The van der Waals surface area contributed by atoms with Gasteiger partial charge in [-0.15, -0.1) is 0 Å². The van der Waals surface area contributed by atoms with Crippen LogP contribution in [0.4, 0.5) is 0 Å². The normalized spacial score (nSPS) is 19.1. The molecule has 0 radical (unpaired) electrons. The lowest BCUT2D eigenvalue weighted by Gasteiger charge is -2.21. The molecule has 9 nitrogen and oxygen atoms in total. The summed E-state index contributed by atoms with van der Waals surface area (Å²) in [5.41, 5.74) is 0. The van der Waals surface area contributed by atoms with E-state index in [0.29, 0.717) is 0 Å². The van der Waals surface area contributed by atoms with Crippen LogP contribution in [0.3, 0.4) is 0 Å². The molecule has 0 aliphatic heterocycles. The van der Waals surface area contributed by atoms with Crippen LogP contribution < -0.4 is 0 Å². The highest BCUT2D eigenvalue weighted by Gasteiger charge is 2.25. The number of rotatable bonds is 9. The molecule has 0 bridgehead atoms. The van der Waals surface area contributed by atoms with Crippen molar-refractivity contribution in [1.82, 2.24) is 0 Å². The van der Waals surface area contributed by atoms with Gasteiger partial charge in [0.15, 0.2) is 19.3 Å². The van der Waals surface area contributed by atoms with Crippen LogP contribution in [0.1, 0.15) is 70.6 Å². The van der Waals surface area contributed by atoms with Crippen LogP contribution in [-0.2, 0) is 38.1 Å². The fourth-order valence-electron chi connectivity index (χ4n) is 3.47. The minimum Gasteiger partial charge on any atom is -0.460 e.